The highest BCUT2D eigenvalue weighted by Gasteiger charge is 2.30. The second-order valence-electron chi connectivity index (χ2n) is 5.57. The molecule has 1 aliphatic rings. The maximum Gasteiger partial charge on any atom is 0.209 e. The van der Waals surface area contributed by atoms with E-state index in [2.05, 4.69) is 15.0 Å². The molecule has 1 fully saturated rings. The predicted octanol–water partition coefficient (Wildman–Crippen LogP) is 3.46. The van der Waals surface area contributed by atoms with Gasteiger partial charge in [-0.25, -0.2) is 4.98 Å². The van der Waals surface area contributed by atoms with Gasteiger partial charge in [0.25, 0.3) is 0 Å². The smallest absolute Gasteiger partial charge is 0.209 e. The molecule has 3 heterocycles. The summed E-state index contributed by atoms with van der Waals surface area (Å²) in [5.74, 6) is 1.71. The molecular weight excluding hydrogens is 266 g/mol. The minimum Gasteiger partial charge on any atom is -0.439 e. The standard InChI is InChI=1S/C16H17N3O2/c1-11-9-15(21-18-11)13-6-4-8-19(13)10-16-17-12-5-2-3-7-14(12)20-16/h2-3,5,7,9,13H,4,6,8,10H2,1H3/t13-/m1/s1. The molecule has 0 radical (unpaired) electrons. The molecule has 0 unspecified atom stereocenters. The first kappa shape index (κ1) is 12.6. The fourth-order valence-corrected chi connectivity index (χ4v) is 3.04. The van der Waals surface area contributed by atoms with Crippen LogP contribution in [0.5, 0.6) is 0 Å². The quantitative estimate of drug-likeness (QED) is 0.736. The van der Waals surface area contributed by atoms with Crippen LogP contribution >= 0.6 is 0 Å². The Bertz CT molecular complexity index is 729. The molecule has 4 rings (SSSR count). The number of oxazole rings is 1. The van der Waals surface area contributed by atoms with E-state index in [1.165, 1.54) is 0 Å². The molecule has 0 amide bonds. The molecule has 1 atom stereocenters. The van der Waals surface area contributed by atoms with Crippen LogP contribution in [0.2, 0.25) is 0 Å². The molecule has 3 aromatic rings. The van der Waals surface area contributed by atoms with Crippen LogP contribution in [0, 0.1) is 6.92 Å². The van der Waals surface area contributed by atoms with Crippen LogP contribution in [0.4, 0.5) is 0 Å². The first-order valence-corrected chi connectivity index (χ1v) is 7.31. The van der Waals surface area contributed by atoms with Crippen LogP contribution in [0.3, 0.4) is 0 Å². The van der Waals surface area contributed by atoms with Crippen molar-refractivity contribution in [3.05, 3.63) is 47.7 Å². The minimum absolute atomic E-state index is 0.279. The summed E-state index contributed by atoms with van der Waals surface area (Å²) in [5, 5.41) is 4.00. The van der Waals surface area contributed by atoms with E-state index in [0.717, 1.165) is 47.8 Å². The molecule has 21 heavy (non-hydrogen) atoms. The highest BCUT2D eigenvalue weighted by Crippen LogP contribution is 2.33. The number of hydrogen-bond donors (Lipinski definition) is 0. The maximum atomic E-state index is 5.82. The van der Waals surface area contributed by atoms with Gasteiger partial charge in [-0.1, -0.05) is 17.3 Å². The maximum absolute atomic E-state index is 5.82. The van der Waals surface area contributed by atoms with Gasteiger partial charge in [0.1, 0.15) is 5.52 Å². The lowest BCUT2D eigenvalue weighted by molar-refractivity contribution is 0.191. The van der Waals surface area contributed by atoms with Gasteiger partial charge in [-0.05, 0) is 38.4 Å². The monoisotopic (exact) mass is 283 g/mol. The molecule has 108 valence electrons. The highest BCUT2D eigenvalue weighted by atomic mass is 16.5. The lowest BCUT2D eigenvalue weighted by Gasteiger charge is -2.20. The Morgan fingerprint density at radius 1 is 1.33 bits per heavy atom. The summed E-state index contributed by atoms with van der Waals surface area (Å²) in [6, 6.07) is 10.2. The molecule has 0 aliphatic carbocycles. The Morgan fingerprint density at radius 2 is 2.24 bits per heavy atom. The van der Waals surface area contributed by atoms with E-state index >= 15 is 0 Å². The largest absolute Gasteiger partial charge is 0.439 e. The number of aryl methyl sites for hydroxylation is 1. The SMILES string of the molecule is Cc1cc([C@H]2CCCN2Cc2nc3ccccc3o2)on1. The summed E-state index contributed by atoms with van der Waals surface area (Å²) in [6.45, 7) is 3.69. The zero-order valence-corrected chi connectivity index (χ0v) is 12.0. The predicted molar refractivity (Wildman–Crippen MR) is 77.6 cm³/mol. The molecule has 1 aliphatic heterocycles. The zero-order chi connectivity index (χ0) is 14.2. The van der Waals surface area contributed by atoms with Crippen molar-refractivity contribution in [2.24, 2.45) is 0 Å². The number of aromatic nitrogens is 2. The van der Waals surface area contributed by atoms with E-state index in [1.807, 2.05) is 37.3 Å². The summed E-state index contributed by atoms with van der Waals surface area (Å²) in [6.07, 6.45) is 2.25. The normalized spacial score (nSPS) is 19.6. The average molecular weight is 283 g/mol. The highest BCUT2D eigenvalue weighted by molar-refractivity contribution is 5.72. The molecule has 5 heteroatoms. The summed E-state index contributed by atoms with van der Waals surface area (Å²) in [5.41, 5.74) is 2.69. The third-order valence-corrected chi connectivity index (χ3v) is 4.01. The zero-order valence-electron chi connectivity index (χ0n) is 12.0. The molecule has 0 saturated carbocycles. The van der Waals surface area contributed by atoms with Crippen LogP contribution in [0.1, 0.15) is 36.2 Å². The van der Waals surface area contributed by atoms with Crippen LogP contribution < -0.4 is 0 Å². The molecule has 0 N–H and O–H groups in total. The molecule has 2 aromatic heterocycles. The average Bonchev–Trinajstić information content (AvgIpc) is 3.17. The van der Waals surface area contributed by atoms with Crippen LogP contribution in [0.15, 0.2) is 39.3 Å². The van der Waals surface area contributed by atoms with Crippen molar-refractivity contribution in [3.8, 4) is 0 Å². The number of nitrogens with zero attached hydrogens (tertiary/aromatic N) is 3. The van der Waals surface area contributed by atoms with Gasteiger partial charge in [0, 0.05) is 6.07 Å². The van der Waals surface area contributed by atoms with Gasteiger partial charge in [-0.3, -0.25) is 4.90 Å². The van der Waals surface area contributed by atoms with Crippen molar-refractivity contribution < 1.29 is 8.94 Å². The lowest BCUT2D eigenvalue weighted by atomic mass is 10.1. The number of para-hydroxylation sites is 2. The molecule has 1 saturated heterocycles. The topological polar surface area (TPSA) is 55.3 Å². The van der Waals surface area contributed by atoms with E-state index < -0.39 is 0 Å². The Balaban J connectivity index is 1.57. The van der Waals surface area contributed by atoms with Gasteiger partial charge in [0.2, 0.25) is 5.89 Å². The lowest BCUT2D eigenvalue weighted by Crippen LogP contribution is -2.22. The number of fused-ring (bicyclic) bond motifs is 1. The van der Waals surface area contributed by atoms with Gasteiger partial charge in [0.05, 0.1) is 18.3 Å². The van der Waals surface area contributed by atoms with E-state index in [4.69, 9.17) is 8.94 Å². The Morgan fingerprint density at radius 3 is 3.05 bits per heavy atom. The second-order valence-corrected chi connectivity index (χ2v) is 5.57. The van der Waals surface area contributed by atoms with Crippen molar-refractivity contribution in [2.45, 2.75) is 32.4 Å². The summed E-state index contributed by atoms with van der Waals surface area (Å²) in [4.78, 5) is 6.91. The van der Waals surface area contributed by atoms with Gasteiger partial charge < -0.3 is 8.94 Å². The first-order valence-electron chi connectivity index (χ1n) is 7.31. The molecular formula is C16H17N3O2. The third kappa shape index (κ3) is 2.34. The minimum atomic E-state index is 0.279. The number of rotatable bonds is 3. The van der Waals surface area contributed by atoms with Crippen LogP contribution in [-0.2, 0) is 6.54 Å². The van der Waals surface area contributed by atoms with Gasteiger partial charge in [0.15, 0.2) is 11.3 Å². The Hall–Kier alpha value is -2.14. The fraction of sp³-hybridized carbons (Fsp3) is 0.375. The van der Waals surface area contributed by atoms with Gasteiger partial charge in [-0.2, -0.15) is 0 Å². The Kier molecular flexibility index (Phi) is 3.00. The summed E-state index contributed by atoms with van der Waals surface area (Å²) >= 11 is 0. The number of likely N-dealkylation sites (tertiary alicyclic amines) is 1. The fourth-order valence-electron chi connectivity index (χ4n) is 3.04. The summed E-state index contributed by atoms with van der Waals surface area (Å²) < 4.78 is 11.3. The van der Waals surface area contributed by atoms with Gasteiger partial charge in [-0.15, -0.1) is 0 Å². The van der Waals surface area contributed by atoms with Crippen molar-refractivity contribution in [2.75, 3.05) is 6.54 Å². The molecule has 1 aromatic carbocycles. The van der Waals surface area contributed by atoms with Crippen molar-refractivity contribution in [3.63, 3.8) is 0 Å². The second kappa shape index (κ2) is 5.00. The number of hydrogen-bond acceptors (Lipinski definition) is 5. The molecule has 5 nitrogen and oxygen atoms in total. The number of benzene rings is 1. The van der Waals surface area contributed by atoms with E-state index in [-0.39, 0.29) is 6.04 Å². The van der Waals surface area contributed by atoms with Crippen molar-refractivity contribution in [1.82, 2.24) is 15.0 Å². The van der Waals surface area contributed by atoms with E-state index in [9.17, 15) is 0 Å². The van der Waals surface area contributed by atoms with Gasteiger partial charge >= 0.3 is 0 Å². The van der Waals surface area contributed by atoms with E-state index in [0.29, 0.717) is 6.54 Å². The Labute approximate surface area is 122 Å². The van der Waals surface area contributed by atoms with E-state index in [1.54, 1.807) is 0 Å². The third-order valence-electron chi connectivity index (χ3n) is 4.01. The van der Waals surface area contributed by atoms with Crippen molar-refractivity contribution >= 4 is 11.1 Å². The summed E-state index contributed by atoms with van der Waals surface area (Å²) in [7, 11) is 0. The van der Waals surface area contributed by atoms with Crippen molar-refractivity contribution in [1.29, 1.82) is 0 Å². The first-order chi connectivity index (χ1) is 10.3. The van der Waals surface area contributed by atoms with Crippen LogP contribution in [0.25, 0.3) is 11.1 Å². The molecule has 0 bridgehead atoms. The van der Waals surface area contributed by atoms with Crippen LogP contribution in [-0.4, -0.2) is 21.6 Å². The molecule has 0 spiro atoms.